The third kappa shape index (κ3) is 6.68. The molecule has 1 aromatic heterocycles. The number of nitrogens with one attached hydrogen (secondary N) is 1. The molecule has 1 unspecified atom stereocenters. The van der Waals surface area contributed by atoms with E-state index in [1.807, 2.05) is 4.90 Å². The van der Waals surface area contributed by atoms with Crippen molar-refractivity contribution in [3.05, 3.63) is 41.1 Å². The summed E-state index contributed by atoms with van der Waals surface area (Å²) in [4.78, 5) is 27.6. The Morgan fingerprint density at radius 3 is 2.31 bits per heavy atom. The van der Waals surface area contributed by atoms with Gasteiger partial charge in [0.1, 0.15) is 5.60 Å². The molecule has 1 saturated heterocycles. The van der Waals surface area contributed by atoms with Crippen molar-refractivity contribution in [2.24, 2.45) is 9.78 Å². The van der Waals surface area contributed by atoms with Gasteiger partial charge in [0.15, 0.2) is 11.5 Å². The molecule has 1 atom stereocenters. The van der Waals surface area contributed by atoms with Crippen LogP contribution < -0.4 is 10.2 Å². The fourth-order valence-electron chi connectivity index (χ4n) is 4.62. The Labute approximate surface area is 225 Å². The predicted molar refractivity (Wildman–Crippen MR) is 140 cm³/mol. The Bertz CT molecular complexity index is 1410. The van der Waals surface area contributed by atoms with E-state index in [9.17, 15) is 27.0 Å². The maximum absolute atomic E-state index is 13.7. The van der Waals surface area contributed by atoms with Crippen LogP contribution in [0.4, 0.5) is 29.5 Å². The van der Waals surface area contributed by atoms with Crippen molar-refractivity contribution in [3.63, 3.8) is 0 Å². The fourth-order valence-corrected chi connectivity index (χ4v) is 5.72. The fraction of sp³-hybridized carbons (Fsp3) is 0.538. The third-order valence-electron chi connectivity index (χ3n) is 6.95. The Kier molecular flexibility index (Phi) is 7.43. The Balaban J connectivity index is 1.65. The summed E-state index contributed by atoms with van der Waals surface area (Å²) in [5.74, 6) is -0.706. The molecule has 0 bridgehead atoms. The molecule has 39 heavy (non-hydrogen) atoms. The molecule has 2 amide bonds. The number of piperidine rings is 1. The van der Waals surface area contributed by atoms with Gasteiger partial charge < -0.3 is 15.0 Å². The molecule has 2 aliphatic rings. The molecular formula is C26H32F3N5O4S. The quantitative estimate of drug-likeness (QED) is 0.495. The summed E-state index contributed by atoms with van der Waals surface area (Å²) in [6.45, 7) is 7.29. The van der Waals surface area contributed by atoms with Crippen molar-refractivity contribution < 1.29 is 31.7 Å². The number of amides is 2. The van der Waals surface area contributed by atoms with E-state index in [1.54, 1.807) is 20.8 Å². The minimum atomic E-state index is -4.79. The average Bonchev–Trinajstić information content (AvgIpc) is 3.55. The van der Waals surface area contributed by atoms with Gasteiger partial charge in [0, 0.05) is 29.9 Å². The van der Waals surface area contributed by atoms with Gasteiger partial charge in [0.2, 0.25) is 0 Å². The second-order valence-electron chi connectivity index (χ2n) is 11.2. The number of carbonyl (C=O) groups is 2. The van der Waals surface area contributed by atoms with Crippen molar-refractivity contribution >= 4 is 33.2 Å². The van der Waals surface area contributed by atoms with Gasteiger partial charge in [-0.3, -0.25) is 4.79 Å². The Morgan fingerprint density at radius 2 is 1.74 bits per heavy atom. The molecule has 2 fully saturated rings. The number of benzene rings is 1. The van der Waals surface area contributed by atoms with Crippen LogP contribution in [-0.2, 0) is 20.6 Å². The number of ether oxygens (including phenoxy) is 1. The molecule has 1 aromatic carbocycles. The van der Waals surface area contributed by atoms with Crippen LogP contribution in [0.25, 0.3) is 0 Å². The molecule has 2 aromatic rings. The van der Waals surface area contributed by atoms with E-state index in [-0.39, 0.29) is 27.5 Å². The molecule has 1 saturated carbocycles. The second kappa shape index (κ2) is 10.1. The first-order valence-corrected chi connectivity index (χ1v) is 14.5. The number of hydrogen-bond donors (Lipinski definition) is 1. The lowest BCUT2D eigenvalue weighted by Crippen LogP contribution is -2.37. The van der Waals surface area contributed by atoms with Crippen LogP contribution in [-0.4, -0.2) is 51.4 Å². The van der Waals surface area contributed by atoms with Crippen molar-refractivity contribution in [2.45, 2.75) is 70.1 Å². The predicted octanol–water partition coefficient (Wildman–Crippen LogP) is 5.83. The maximum Gasteiger partial charge on any atom is 0.442 e. The SMILES string of the molecule is Cc1c(C(F)(F)F)nnc(N2CCC3(CC2)CC3)c1C(=O)Nc1cccc(S(C)(=O)=NC(=O)OC(C)(C)C)c1. The summed E-state index contributed by atoms with van der Waals surface area (Å²) in [6.07, 6.45) is -0.492. The normalized spacial score (nSPS) is 18.3. The number of rotatable bonds is 4. The molecule has 9 nitrogen and oxygen atoms in total. The van der Waals surface area contributed by atoms with Crippen molar-refractivity contribution in [2.75, 3.05) is 29.6 Å². The third-order valence-corrected chi connectivity index (χ3v) is 8.57. The first-order valence-electron chi connectivity index (χ1n) is 12.6. The van der Waals surface area contributed by atoms with E-state index >= 15 is 0 Å². The molecule has 1 aliphatic carbocycles. The standard InChI is InChI=1S/C26H32F3N5O4S/c1-16-19(21(32-31-20(16)26(27,28)29)34-13-11-25(9-10-25)12-14-34)22(35)30-17-7-6-8-18(15-17)39(5,37)33-23(36)38-24(2,3)4/h6-8,15H,9-14H2,1-5H3,(H,30,35). The molecule has 0 radical (unpaired) electrons. The summed E-state index contributed by atoms with van der Waals surface area (Å²) in [5, 5.41) is 9.90. The first-order chi connectivity index (χ1) is 18.0. The van der Waals surface area contributed by atoms with Gasteiger partial charge in [-0.25, -0.2) is 9.00 Å². The summed E-state index contributed by atoms with van der Waals surface area (Å²) in [7, 11) is -3.25. The monoisotopic (exact) mass is 567 g/mol. The van der Waals surface area contributed by atoms with E-state index in [2.05, 4.69) is 19.9 Å². The largest absolute Gasteiger partial charge is 0.442 e. The number of halogens is 3. The molecule has 1 N–H and O–H groups in total. The highest BCUT2D eigenvalue weighted by atomic mass is 32.2. The zero-order valence-corrected chi connectivity index (χ0v) is 23.3. The lowest BCUT2D eigenvalue weighted by molar-refractivity contribution is -0.142. The van der Waals surface area contributed by atoms with Gasteiger partial charge in [0.05, 0.1) is 15.3 Å². The Morgan fingerprint density at radius 1 is 1.10 bits per heavy atom. The van der Waals surface area contributed by atoms with Crippen LogP contribution >= 0.6 is 0 Å². The number of hydrogen-bond acceptors (Lipinski definition) is 7. The zero-order valence-electron chi connectivity index (χ0n) is 22.5. The highest BCUT2D eigenvalue weighted by molar-refractivity contribution is 7.93. The van der Waals surface area contributed by atoms with Gasteiger partial charge in [0.25, 0.3) is 5.91 Å². The molecular weight excluding hydrogens is 535 g/mol. The van der Waals surface area contributed by atoms with Crippen LogP contribution in [0.15, 0.2) is 33.5 Å². The molecule has 1 aliphatic heterocycles. The van der Waals surface area contributed by atoms with Gasteiger partial charge in [-0.05, 0) is 82.6 Å². The second-order valence-corrected chi connectivity index (χ2v) is 13.5. The van der Waals surface area contributed by atoms with Gasteiger partial charge in [-0.2, -0.15) is 13.2 Å². The number of alkyl halides is 3. The molecule has 1 spiro atoms. The van der Waals surface area contributed by atoms with Crippen LogP contribution in [0.2, 0.25) is 0 Å². The maximum atomic E-state index is 13.7. The van der Waals surface area contributed by atoms with Crippen molar-refractivity contribution in [3.8, 4) is 0 Å². The summed E-state index contributed by atoms with van der Waals surface area (Å²) < 4.78 is 63.0. The van der Waals surface area contributed by atoms with Crippen LogP contribution in [0.5, 0.6) is 0 Å². The van der Waals surface area contributed by atoms with E-state index in [1.165, 1.54) is 37.4 Å². The lowest BCUT2D eigenvalue weighted by atomic mass is 9.93. The molecule has 13 heteroatoms. The average molecular weight is 568 g/mol. The number of aromatic nitrogens is 2. The summed E-state index contributed by atoms with van der Waals surface area (Å²) >= 11 is 0. The van der Waals surface area contributed by atoms with Crippen molar-refractivity contribution in [1.82, 2.24) is 10.2 Å². The number of nitrogens with zero attached hydrogens (tertiary/aromatic N) is 4. The van der Waals surface area contributed by atoms with Crippen LogP contribution in [0.3, 0.4) is 0 Å². The highest BCUT2D eigenvalue weighted by Crippen LogP contribution is 2.54. The topological polar surface area (TPSA) is 114 Å². The van der Waals surface area contributed by atoms with Gasteiger partial charge >= 0.3 is 12.3 Å². The van der Waals surface area contributed by atoms with Gasteiger partial charge in [-0.1, -0.05) is 6.07 Å². The van der Waals surface area contributed by atoms with E-state index in [0.29, 0.717) is 18.5 Å². The first kappa shape index (κ1) is 28.8. The highest BCUT2D eigenvalue weighted by Gasteiger charge is 2.45. The van der Waals surface area contributed by atoms with Crippen molar-refractivity contribution in [1.29, 1.82) is 0 Å². The molecule has 2 heterocycles. The molecule has 4 rings (SSSR count). The minimum Gasteiger partial charge on any atom is -0.442 e. The smallest absolute Gasteiger partial charge is 0.442 e. The van der Waals surface area contributed by atoms with E-state index < -0.39 is 39.2 Å². The van der Waals surface area contributed by atoms with E-state index in [0.717, 1.165) is 25.7 Å². The summed E-state index contributed by atoms with van der Waals surface area (Å²) in [5.41, 5.74) is -2.13. The van der Waals surface area contributed by atoms with Gasteiger partial charge in [-0.15, -0.1) is 14.6 Å². The zero-order chi connectivity index (χ0) is 28.8. The number of anilines is 2. The van der Waals surface area contributed by atoms with Crippen LogP contribution in [0.1, 0.15) is 68.1 Å². The number of carbonyl (C=O) groups excluding carboxylic acids is 2. The van der Waals surface area contributed by atoms with Crippen LogP contribution in [0, 0.1) is 12.3 Å². The lowest BCUT2D eigenvalue weighted by Gasteiger charge is -2.34. The summed E-state index contributed by atoms with van der Waals surface area (Å²) in [6, 6.07) is 5.83. The minimum absolute atomic E-state index is 0.101. The molecule has 212 valence electrons. The van der Waals surface area contributed by atoms with E-state index in [4.69, 9.17) is 4.74 Å². The Hall–Kier alpha value is -3.22.